The van der Waals surface area contributed by atoms with Gasteiger partial charge in [0, 0.05) is 0 Å². The van der Waals surface area contributed by atoms with E-state index in [0.717, 1.165) is 29.5 Å². The van der Waals surface area contributed by atoms with E-state index >= 15 is 0 Å². The Labute approximate surface area is 145 Å². The number of aryl methyl sites for hydroxylation is 1. The van der Waals surface area contributed by atoms with Crippen molar-refractivity contribution in [1.29, 1.82) is 0 Å². The minimum atomic E-state index is -3.79. The normalized spacial score (nSPS) is 10.8. The molecule has 4 nitrogen and oxygen atoms in total. The van der Waals surface area contributed by atoms with Crippen molar-refractivity contribution in [2.24, 2.45) is 0 Å². The fourth-order valence-electron chi connectivity index (χ4n) is 1.80. The summed E-state index contributed by atoms with van der Waals surface area (Å²) in [6.07, 6.45) is 0. The summed E-state index contributed by atoms with van der Waals surface area (Å²) in [5.74, 6) is 5.43. The van der Waals surface area contributed by atoms with Crippen LogP contribution in [0.3, 0.4) is 0 Å². The molecule has 0 spiro atoms. The Kier molecular flexibility index (Phi) is 6.21. The van der Waals surface area contributed by atoms with Crippen molar-refractivity contribution in [2.45, 2.75) is 11.8 Å². The summed E-state index contributed by atoms with van der Waals surface area (Å²) in [7, 11) is -3.79. The minimum Gasteiger partial charge on any atom is -0.481 e. The lowest BCUT2D eigenvalue weighted by Gasteiger charge is -2.05. The number of hydrogen-bond acceptors (Lipinski definition) is 3. The Hall–Kier alpha value is -2.07. The van der Waals surface area contributed by atoms with Gasteiger partial charge in [0.2, 0.25) is 10.0 Å². The first-order valence-electron chi connectivity index (χ1n) is 6.99. The lowest BCUT2D eigenvalue weighted by atomic mass is 10.2. The molecule has 0 fully saturated rings. The Balaban J connectivity index is 1.87. The van der Waals surface area contributed by atoms with Crippen molar-refractivity contribution in [1.82, 2.24) is 4.72 Å². The van der Waals surface area contributed by atoms with Crippen LogP contribution in [0.25, 0.3) is 0 Å². The van der Waals surface area contributed by atoms with Gasteiger partial charge in [-0.15, -0.1) is 0 Å². The van der Waals surface area contributed by atoms with E-state index in [0.29, 0.717) is 0 Å². The van der Waals surface area contributed by atoms with Crippen LogP contribution in [0.15, 0.2) is 47.4 Å². The van der Waals surface area contributed by atoms with Gasteiger partial charge in [-0.1, -0.05) is 41.6 Å². The molecule has 0 bridgehead atoms. The van der Waals surface area contributed by atoms with E-state index in [1.54, 1.807) is 0 Å². The second-order valence-electron chi connectivity index (χ2n) is 4.81. The first-order chi connectivity index (χ1) is 11.4. The SMILES string of the molecule is Cc1ccccc1OCC#CCNS(=O)(=O)c1ccc(F)c(Cl)c1. The molecule has 24 heavy (non-hydrogen) atoms. The highest BCUT2D eigenvalue weighted by Gasteiger charge is 2.14. The molecule has 2 rings (SSSR count). The predicted molar refractivity (Wildman–Crippen MR) is 91.0 cm³/mol. The molecule has 7 heteroatoms. The average molecular weight is 368 g/mol. The van der Waals surface area contributed by atoms with Crippen LogP contribution in [-0.4, -0.2) is 21.6 Å². The van der Waals surface area contributed by atoms with Gasteiger partial charge in [0.1, 0.15) is 18.2 Å². The molecule has 2 aromatic carbocycles. The summed E-state index contributed by atoms with van der Waals surface area (Å²) < 4.78 is 44.8. The van der Waals surface area contributed by atoms with Crippen molar-refractivity contribution in [3.8, 4) is 17.6 Å². The van der Waals surface area contributed by atoms with E-state index in [1.807, 2.05) is 31.2 Å². The third-order valence-electron chi connectivity index (χ3n) is 3.07. The molecule has 0 aliphatic rings. The number of rotatable bonds is 5. The molecule has 0 unspecified atom stereocenters. The zero-order valence-electron chi connectivity index (χ0n) is 12.8. The first-order valence-corrected chi connectivity index (χ1v) is 8.85. The summed E-state index contributed by atoms with van der Waals surface area (Å²) >= 11 is 5.58. The number of benzene rings is 2. The van der Waals surface area contributed by atoms with Crippen LogP contribution >= 0.6 is 11.6 Å². The zero-order chi connectivity index (χ0) is 17.6. The summed E-state index contributed by atoms with van der Waals surface area (Å²) in [6, 6.07) is 10.7. The smallest absolute Gasteiger partial charge is 0.241 e. The van der Waals surface area contributed by atoms with Crippen LogP contribution in [0.1, 0.15) is 5.56 Å². The molecule has 0 aromatic heterocycles. The van der Waals surface area contributed by atoms with Crippen molar-refractivity contribution in [3.05, 3.63) is 58.9 Å². The Morgan fingerprint density at radius 2 is 1.96 bits per heavy atom. The first kappa shape index (κ1) is 18.3. The molecular weight excluding hydrogens is 353 g/mol. The maximum absolute atomic E-state index is 13.1. The molecule has 2 aromatic rings. The zero-order valence-corrected chi connectivity index (χ0v) is 14.4. The van der Waals surface area contributed by atoms with E-state index < -0.39 is 15.8 Å². The largest absolute Gasteiger partial charge is 0.481 e. The van der Waals surface area contributed by atoms with Crippen LogP contribution in [0, 0.1) is 24.6 Å². The molecule has 0 heterocycles. The Bertz CT molecular complexity index is 888. The van der Waals surface area contributed by atoms with Gasteiger partial charge in [-0.25, -0.2) is 12.8 Å². The second-order valence-corrected chi connectivity index (χ2v) is 6.98. The van der Waals surface area contributed by atoms with E-state index in [-0.39, 0.29) is 23.1 Å². The third kappa shape index (κ3) is 4.96. The predicted octanol–water partition coefficient (Wildman–Crippen LogP) is 3.15. The summed E-state index contributed by atoms with van der Waals surface area (Å²) in [5, 5.41) is -0.254. The molecule has 0 amide bonds. The van der Waals surface area contributed by atoms with Gasteiger partial charge >= 0.3 is 0 Å². The van der Waals surface area contributed by atoms with Gasteiger partial charge in [0.15, 0.2) is 0 Å². The van der Waals surface area contributed by atoms with E-state index in [9.17, 15) is 12.8 Å². The average Bonchev–Trinajstić information content (AvgIpc) is 2.54. The molecule has 0 atom stereocenters. The van der Waals surface area contributed by atoms with Gasteiger partial charge in [0.05, 0.1) is 16.5 Å². The van der Waals surface area contributed by atoms with Gasteiger partial charge < -0.3 is 4.74 Å². The highest BCUT2D eigenvalue weighted by atomic mass is 35.5. The standard InChI is InChI=1S/C17H15ClFNO3S/c1-13-6-2-3-7-17(13)23-11-5-4-10-20-24(21,22)14-8-9-16(19)15(18)12-14/h2-3,6-9,12,20H,10-11H2,1H3. The fourth-order valence-corrected chi connectivity index (χ4v) is 3.00. The number of halogens is 2. The summed E-state index contributed by atoms with van der Waals surface area (Å²) in [4.78, 5) is -0.119. The quantitative estimate of drug-likeness (QED) is 0.826. The lowest BCUT2D eigenvalue weighted by molar-refractivity contribution is 0.367. The molecule has 0 aliphatic heterocycles. The fraction of sp³-hybridized carbons (Fsp3) is 0.176. The molecule has 0 saturated heterocycles. The maximum atomic E-state index is 13.1. The van der Waals surface area contributed by atoms with Crippen LogP contribution < -0.4 is 9.46 Å². The van der Waals surface area contributed by atoms with E-state index in [1.165, 1.54) is 0 Å². The number of ether oxygens (including phenoxy) is 1. The number of para-hydroxylation sites is 1. The van der Waals surface area contributed by atoms with Crippen molar-refractivity contribution < 1.29 is 17.5 Å². The van der Waals surface area contributed by atoms with E-state index in [4.69, 9.17) is 16.3 Å². The Morgan fingerprint density at radius 3 is 2.67 bits per heavy atom. The molecule has 0 aliphatic carbocycles. The van der Waals surface area contributed by atoms with Crippen LogP contribution in [0.4, 0.5) is 4.39 Å². The molecule has 0 radical (unpaired) electrons. The van der Waals surface area contributed by atoms with Gasteiger partial charge in [-0.05, 0) is 36.8 Å². The molecular formula is C17H15ClFNO3S. The van der Waals surface area contributed by atoms with Gasteiger partial charge in [-0.2, -0.15) is 4.72 Å². The molecule has 0 saturated carbocycles. The lowest BCUT2D eigenvalue weighted by Crippen LogP contribution is -2.24. The summed E-state index contributed by atoms with van der Waals surface area (Å²) in [5.41, 5.74) is 0.994. The topological polar surface area (TPSA) is 55.4 Å². The summed E-state index contributed by atoms with van der Waals surface area (Å²) in [6.45, 7) is 1.98. The van der Waals surface area contributed by atoms with E-state index in [2.05, 4.69) is 16.6 Å². The monoisotopic (exact) mass is 367 g/mol. The Morgan fingerprint density at radius 1 is 1.21 bits per heavy atom. The molecule has 126 valence electrons. The van der Waals surface area contributed by atoms with Crippen molar-refractivity contribution in [3.63, 3.8) is 0 Å². The third-order valence-corrected chi connectivity index (χ3v) is 4.76. The number of hydrogen-bond donors (Lipinski definition) is 1. The minimum absolute atomic E-state index is 0.0888. The van der Waals surface area contributed by atoms with Gasteiger partial charge in [0.25, 0.3) is 0 Å². The maximum Gasteiger partial charge on any atom is 0.241 e. The number of sulfonamides is 1. The number of nitrogens with one attached hydrogen (secondary N) is 1. The van der Waals surface area contributed by atoms with Crippen LogP contribution in [0.5, 0.6) is 5.75 Å². The van der Waals surface area contributed by atoms with Crippen LogP contribution in [-0.2, 0) is 10.0 Å². The molecule has 1 N–H and O–H groups in total. The van der Waals surface area contributed by atoms with Crippen molar-refractivity contribution in [2.75, 3.05) is 13.2 Å². The van der Waals surface area contributed by atoms with Crippen molar-refractivity contribution >= 4 is 21.6 Å². The van der Waals surface area contributed by atoms with Crippen LogP contribution in [0.2, 0.25) is 5.02 Å². The second kappa shape index (κ2) is 8.15. The van der Waals surface area contributed by atoms with Gasteiger partial charge in [-0.3, -0.25) is 0 Å². The highest BCUT2D eigenvalue weighted by molar-refractivity contribution is 7.89. The highest BCUT2D eigenvalue weighted by Crippen LogP contribution is 2.19.